The summed E-state index contributed by atoms with van der Waals surface area (Å²) < 4.78 is 6.29. The van der Waals surface area contributed by atoms with Crippen LogP contribution in [0.1, 0.15) is 18.6 Å². The second-order valence-corrected chi connectivity index (χ2v) is 3.88. The van der Waals surface area contributed by atoms with Gasteiger partial charge in [0.15, 0.2) is 3.77 Å². The molecule has 0 amide bonds. The molecule has 0 bridgehead atoms. The van der Waals surface area contributed by atoms with Gasteiger partial charge in [-0.1, -0.05) is 0 Å². The van der Waals surface area contributed by atoms with Crippen LogP contribution in [0.2, 0.25) is 0 Å². The van der Waals surface area contributed by atoms with Gasteiger partial charge in [0.05, 0.1) is 6.54 Å². The summed E-state index contributed by atoms with van der Waals surface area (Å²) in [6, 6.07) is 3.92. The average molecular weight is 295 g/mol. The van der Waals surface area contributed by atoms with E-state index >= 15 is 0 Å². The molecule has 1 heterocycles. The van der Waals surface area contributed by atoms with Crippen LogP contribution in [0.4, 0.5) is 0 Å². The van der Waals surface area contributed by atoms with Crippen molar-refractivity contribution in [1.82, 2.24) is 5.32 Å². The number of halogens is 1. The molecule has 0 atom stereocenters. The third-order valence-corrected chi connectivity index (χ3v) is 2.27. The molecule has 0 fully saturated rings. The van der Waals surface area contributed by atoms with Crippen molar-refractivity contribution in [1.29, 1.82) is 0 Å². The molecule has 1 rings (SSSR count). The molecule has 0 spiro atoms. The Labute approximate surface area is 91.7 Å². The highest BCUT2D eigenvalue weighted by molar-refractivity contribution is 14.1. The van der Waals surface area contributed by atoms with Crippen LogP contribution in [-0.4, -0.2) is 18.3 Å². The van der Waals surface area contributed by atoms with Crippen molar-refractivity contribution >= 4 is 22.6 Å². The first-order chi connectivity index (χ1) is 6.33. The van der Waals surface area contributed by atoms with Crippen molar-refractivity contribution in [2.45, 2.75) is 19.4 Å². The maximum Gasteiger partial charge on any atom is 0.164 e. The maximum atomic E-state index is 8.54. The molecule has 0 saturated carbocycles. The van der Waals surface area contributed by atoms with E-state index in [0.29, 0.717) is 0 Å². The second-order valence-electron chi connectivity index (χ2n) is 2.81. The minimum atomic E-state index is 0.278. The highest BCUT2D eigenvalue weighted by Crippen LogP contribution is 2.09. The monoisotopic (exact) mass is 295 g/mol. The first kappa shape index (κ1) is 11.0. The van der Waals surface area contributed by atoms with Gasteiger partial charge in [-0.3, -0.25) is 0 Å². The number of unbranched alkanes of at least 4 members (excludes halogenated alkanes) is 1. The molecule has 0 radical (unpaired) electrons. The summed E-state index contributed by atoms with van der Waals surface area (Å²) >= 11 is 2.15. The second kappa shape index (κ2) is 6.39. The molecule has 13 heavy (non-hydrogen) atoms. The van der Waals surface area contributed by atoms with E-state index in [4.69, 9.17) is 9.52 Å². The summed E-state index contributed by atoms with van der Waals surface area (Å²) in [6.07, 6.45) is 1.87. The summed E-state index contributed by atoms with van der Waals surface area (Å²) in [4.78, 5) is 0. The molecule has 3 nitrogen and oxygen atoms in total. The van der Waals surface area contributed by atoms with Crippen molar-refractivity contribution in [3.05, 3.63) is 21.7 Å². The lowest BCUT2D eigenvalue weighted by atomic mass is 10.3. The predicted octanol–water partition coefficient (Wildman–Crippen LogP) is 1.75. The Kier molecular flexibility index (Phi) is 5.41. The molecule has 4 heteroatoms. The van der Waals surface area contributed by atoms with Crippen molar-refractivity contribution in [2.24, 2.45) is 0 Å². The van der Waals surface area contributed by atoms with E-state index in [1.54, 1.807) is 0 Å². The van der Waals surface area contributed by atoms with Crippen molar-refractivity contribution in [3.63, 3.8) is 0 Å². The molecule has 1 aromatic heterocycles. The van der Waals surface area contributed by atoms with Crippen LogP contribution in [0.15, 0.2) is 16.5 Å². The van der Waals surface area contributed by atoms with Crippen LogP contribution in [-0.2, 0) is 6.54 Å². The molecule has 0 saturated heterocycles. The molecule has 0 aliphatic rings. The van der Waals surface area contributed by atoms with Gasteiger partial charge < -0.3 is 14.8 Å². The zero-order valence-corrected chi connectivity index (χ0v) is 9.58. The number of hydrogen-bond donors (Lipinski definition) is 2. The van der Waals surface area contributed by atoms with E-state index in [-0.39, 0.29) is 6.61 Å². The van der Waals surface area contributed by atoms with E-state index in [9.17, 15) is 0 Å². The van der Waals surface area contributed by atoms with E-state index in [1.807, 2.05) is 12.1 Å². The molecule has 0 aliphatic carbocycles. The van der Waals surface area contributed by atoms with E-state index in [1.165, 1.54) is 0 Å². The van der Waals surface area contributed by atoms with Crippen molar-refractivity contribution in [2.75, 3.05) is 13.2 Å². The highest BCUT2D eigenvalue weighted by atomic mass is 127. The van der Waals surface area contributed by atoms with E-state index < -0.39 is 0 Å². The van der Waals surface area contributed by atoms with Crippen molar-refractivity contribution < 1.29 is 9.52 Å². The Bertz CT molecular complexity index is 237. The van der Waals surface area contributed by atoms with Gasteiger partial charge in [-0.15, -0.1) is 0 Å². The first-order valence-electron chi connectivity index (χ1n) is 4.38. The highest BCUT2D eigenvalue weighted by Gasteiger charge is 1.97. The van der Waals surface area contributed by atoms with Gasteiger partial charge in [-0.25, -0.2) is 0 Å². The van der Waals surface area contributed by atoms with Crippen LogP contribution < -0.4 is 5.32 Å². The molecular weight excluding hydrogens is 281 g/mol. The third-order valence-electron chi connectivity index (χ3n) is 1.69. The third kappa shape index (κ3) is 4.64. The van der Waals surface area contributed by atoms with Crippen LogP contribution in [0, 0.1) is 3.77 Å². The standard InChI is InChI=1S/C9H14INO2/c10-9-4-3-8(13-9)7-11-5-1-2-6-12/h3-4,11-12H,1-2,5-7H2. The zero-order chi connectivity index (χ0) is 9.52. The summed E-state index contributed by atoms with van der Waals surface area (Å²) in [5.74, 6) is 0.966. The molecule has 0 aliphatic heterocycles. The topological polar surface area (TPSA) is 45.4 Å². The lowest BCUT2D eigenvalue weighted by Gasteiger charge is -2.00. The largest absolute Gasteiger partial charge is 0.454 e. The average Bonchev–Trinajstić information content (AvgIpc) is 2.51. The Balaban J connectivity index is 2.06. The van der Waals surface area contributed by atoms with Gasteiger partial charge in [0.2, 0.25) is 0 Å². The predicted molar refractivity (Wildman–Crippen MR) is 59.5 cm³/mol. The smallest absolute Gasteiger partial charge is 0.164 e. The lowest BCUT2D eigenvalue weighted by Crippen LogP contribution is -2.14. The quantitative estimate of drug-likeness (QED) is 0.621. The minimum Gasteiger partial charge on any atom is -0.454 e. The van der Waals surface area contributed by atoms with Gasteiger partial charge in [0.25, 0.3) is 0 Å². The Hall–Kier alpha value is -0.0700. The fourth-order valence-corrected chi connectivity index (χ4v) is 1.48. The van der Waals surface area contributed by atoms with Gasteiger partial charge in [-0.05, 0) is 54.1 Å². The molecule has 0 unspecified atom stereocenters. The summed E-state index contributed by atoms with van der Waals surface area (Å²) in [7, 11) is 0. The summed E-state index contributed by atoms with van der Waals surface area (Å²) in [6.45, 7) is 1.98. The van der Waals surface area contributed by atoms with Gasteiger partial charge >= 0.3 is 0 Å². The van der Waals surface area contributed by atoms with Gasteiger partial charge in [-0.2, -0.15) is 0 Å². The van der Waals surface area contributed by atoms with Gasteiger partial charge in [0, 0.05) is 6.61 Å². The van der Waals surface area contributed by atoms with Crippen molar-refractivity contribution in [3.8, 4) is 0 Å². The maximum absolute atomic E-state index is 8.54. The zero-order valence-electron chi connectivity index (χ0n) is 7.42. The van der Waals surface area contributed by atoms with Crippen LogP contribution >= 0.6 is 22.6 Å². The fraction of sp³-hybridized carbons (Fsp3) is 0.556. The van der Waals surface area contributed by atoms with E-state index in [2.05, 4.69) is 27.9 Å². The number of aliphatic hydroxyl groups excluding tert-OH is 1. The molecule has 74 valence electrons. The summed E-state index contributed by atoms with van der Waals surface area (Å²) in [5.41, 5.74) is 0. The number of rotatable bonds is 6. The van der Waals surface area contributed by atoms with Crippen LogP contribution in [0.25, 0.3) is 0 Å². The SMILES string of the molecule is OCCCCNCc1ccc(I)o1. The number of aliphatic hydroxyl groups is 1. The Morgan fingerprint density at radius 2 is 2.23 bits per heavy atom. The summed E-state index contributed by atoms with van der Waals surface area (Å²) in [5, 5.41) is 11.8. The minimum absolute atomic E-state index is 0.278. The van der Waals surface area contributed by atoms with Gasteiger partial charge in [0.1, 0.15) is 5.76 Å². The molecule has 1 aromatic rings. The first-order valence-corrected chi connectivity index (χ1v) is 5.46. The molecule has 2 N–H and O–H groups in total. The molecule has 0 aromatic carbocycles. The number of furan rings is 1. The van der Waals surface area contributed by atoms with Crippen LogP contribution in [0.5, 0.6) is 0 Å². The number of hydrogen-bond acceptors (Lipinski definition) is 3. The normalized spacial score (nSPS) is 10.6. The Morgan fingerprint density at radius 3 is 2.85 bits per heavy atom. The van der Waals surface area contributed by atoms with Crippen LogP contribution in [0.3, 0.4) is 0 Å². The van der Waals surface area contributed by atoms with E-state index in [0.717, 1.165) is 35.5 Å². The fourth-order valence-electron chi connectivity index (χ4n) is 1.02. The lowest BCUT2D eigenvalue weighted by molar-refractivity contribution is 0.283. The number of nitrogens with one attached hydrogen (secondary N) is 1. The Morgan fingerprint density at radius 1 is 1.38 bits per heavy atom. The molecular formula is C9H14INO2.